The molecule has 0 bridgehead atoms. The van der Waals surface area contributed by atoms with Crippen molar-refractivity contribution < 1.29 is 26.3 Å². The van der Waals surface area contributed by atoms with E-state index in [1.807, 2.05) is 0 Å². The van der Waals surface area contributed by atoms with Crippen LogP contribution in [0.15, 0.2) is 82.6 Å². The molecule has 146 valence electrons. The first-order valence-electron chi connectivity index (χ1n) is 8.17. The lowest BCUT2D eigenvalue weighted by Gasteiger charge is -2.10. The van der Waals surface area contributed by atoms with Gasteiger partial charge in [0.15, 0.2) is 19.7 Å². The van der Waals surface area contributed by atoms with E-state index in [0.717, 1.165) is 12.5 Å². The Morgan fingerprint density at radius 3 is 1.21 bits per heavy atom. The third kappa shape index (κ3) is 5.11. The number of rotatable bonds is 6. The molecule has 3 rings (SSSR count). The Balaban J connectivity index is 1.73. The van der Waals surface area contributed by atoms with E-state index in [2.05, 4.69) is 0 Å². The molecule has 6 nitrogen and oxygen atoms in total. The average molecular weight is 418 g/mol. The second-order valence-electron chi connectivity index (χ2n) is 6.17. The molecule has 3 aromatic carbocycles. The second-order valence-corrected chi connectivity index (χ2v) is 10.2. The van der Waals surface area contributed by atoms with Gasteiger partial charge in [-0.1, -0.05) is 6.07 Å². The first-order chi connectivity index (χ1) is 13.1. The van der Waals surface area contributed by atoms with Gasteiger partial charge in [0.2, 0.25) is 0 Å². The van der Waals surface area contributed by atoms with E-state index < -0.39 is 19.7 Å². The molecule has 3 aromatic rings. The molecule has 0 aliphatic heterocycles. The van der Waals surface area contributed by atoms with Crippen LogP contribution in [0.5, 0.6) is 23.0 Å². The fourth-order valence-electron chi connectivity index (χ4n) is 2.38. The van der Waals surface area contributed by atoms with Crippen molar-refractivity contribution in [1.82, 2.24) is 0 Å². The Bertz CT molecular complexity index is 1090. The lowest BCUT2D eigenvalue weighted by molar-refractivity contribution is 0.460. The maximum atomic E-state index is 11.5. The van der Waals surface area contributed by atoms with Crippen molar-refractivity contribution in [3.63, 3.8) is 0 Å². The summed E-state index contributed by atoms with van der Waals surface area (Å²) in [5.41, 5.74) is 0. The van der Waals surface area contributed by atoms with E-state index in [1.165, 1.54) is 24.3 Å². The SMILES string of the molecule is CS(=O)(=O)c1ccc(Oc2cccc(Oc3ccc(S(C)(=O)=O)cc3)c2)cc1. The smallest absolute Gasteiger partial charge is 0.175 e. The van der Waals surface area contributed by atoms with Crippen molar-refractivity contribution in [3.05, 3.63) is 72.8 Å². The fourth-order valence-corrected chi connectivity index (χ4v) is 3.64. The molecule has 0 radical (unpaired) electrons. The summed E-state index contributed by atoms with van der Waals surface area (Å²) in [5.74, 6) is 2.00. The molecule has 0 spiro atoms. The van der Waals surface area contributed by atoms with E-state index >= 15 is 0 Å². The third-order valence-corrected chi connectivity index (χ3v) is 6.04. The quantitative estimate of drug-likeness (QED) is 0.600. The van der Waals surface area contributed by atoms with E-state index in [4.69, 9.17) is 9.47 Å². The summed E-state index contributed by atoms with van der Waals surface area (Å²) >= 11 is 0. The van der Waals surface area contributed by atoms with Crippen molar-refractivity contribution in [1.29, 1.82) is 0 Å². The predicted octanol–water partition coefficient (Wildman–Crippen LogP) is 4.08. The Labute approximate surface area is 164 Å². The number of sulfone groups is 2. The van der Waals surface area contributed by atoms with Crippen LogP contribution < -0.4 is 9.47 Å². The highest BCUT2D eigenvalue weighted by atomic mass is 32.2. The number of hydrogen-bond acceptors (Lipinski definition) is 6. The number of benzene rings is 3. The molecular formula is C20H18O6S2. The van der Waals surface area contributed by atoms with Crippen LogP contribution in [0.25, 0.3) is 0 Å². The minimum atomic E-state index is -3.26. The van der Waals surface area contributed by atoms with Crippen molar-refractivity contribution in [3.8, 4) is 23.0 Å². The van der Waals surface area contributed by atoms with Gasteiger partial charge in [0.25, 0.3) is 0 Å². The molecule has 0 aliphatic rings. The summed E-state index contributed by atoms with van der Waals surface area (Å²) in [5, 5.41) is 0. The summed E-state index contributed by atoms with van der Waals surface area (Å²) < 4.78 is 57.5. The van der Waals surface area contributed by atoms with Crippen LogP contribution >= 0.6 is 0 Å². The molecule has 0 amide bonds. The van der Waals surface area contributed by atoms with Gasteiger partial charge in [0.1, 0.15) is 23.0 Å². The molecular weight excluding hydrogens is 400 g/mol. The predicted molar refractivity (Wildman–Crippen MR) is 106 cm³/mol. The highest BCUT2D eigenvalue weighted by molar-refractivity contribution is 7.91. The van der Waals surface area contributed by atoms with Gasteiger partial charge in [-0.15, -0.1) is 0 Å². The molecule has 0 heterocycles. The molecule has 0 atom stereocenters. The van der Waals surface area contributed by atoms with Crippen molar-refractivity contribution >= 4 is 19.7 Å². The number of hydrogen-bond donors (Lipinski definition) is 0. The highest BCUT2D eigenvalue weighted by Crippen LogP contribution is 2.29. The van der Waals surface area contributed by atoms with Crippen LogP contribution in [0.3, 0.4) is 0 Å². The van der Waals surface area contributed by atoms with Crippen LogP contribution in [0.4, 0.5) is 0 Å². The van der Waals surface area contributed by atoms with Crippen molar-refractivity contribution in [2.75, 3.05) is 12.5 Å². The van der Waals surface area contributed by atoms with Gasteiger partial charge in [0, 0.05) is 18.6 Å². The minimum Gasteiger partial charge on any atom is -0.457 e. The van der Waals surface area contributed by atoms with Crippen LogP contribution in [0.1, 0.15) is 0 Å². The molecule has 0 N–H and O–H groups in total. The van der Waals surface area contributed by atoms with Crippen LogP contribution in [0.2, 0.25) is 0 Å². The van der Waals surface area contributed by atoms with E-state index in [-0.39, 0.29) is 9.79 Å². The lowest BCUT2D eigenvalue weighted by atomic mass is 10.3. The van der Waals surface area contributed by atoms with E-state index in [9.17, 15) is 16.8 Å². The lowest BCUT2D eigenvalue weighted by Crippen LogP contribution is -1.96. The maximum absolute atomic E-state index is 11.5. The van der Waals surface area contributed by atoms with Crippen LogP contribution in [0, 0.1) is 0 Å². The Morgan fingerprint density at radius 1 is 0.536 bits per heavy atom. The van der Waals surface area contributed by atoms with Gasteiger partial charge in [-0.05, 0) is 60.7 Å². The second kappa shape index (κ2) is 7.65. The summed E-state index contributed by atoms with van der Waals surface area (Å²) in [4.78, 5) is 0.434. The standard InChI is InChI=1S/C20H18O6S2/c1-27(21,22)19-10-6-15(7-11-19)25-17-4-3-5-18(14-17)26-16-8-12-20(13-9-16)28(2,23)24/h3-14H,1-2H3. The zero-order valence-electron chi connectivity index (χ0n) is 15.2. The van der Waals surface area contributed by atoms with Gasteiger partial charge in [0.05, 0.1) is 9.79 Å². The summed E-state index contributed by atoms with van der Waals surface area (Å²) in [6.07, 6.45) is 2.29. The van der Waals surface area contributed by atoms with Gasteiger partial charge in [-0.2, -0.15) is 0 Å². The number of ether oxygens (including phenoxy) is 2. The van der Waals surface area contributed by atoms with E-state index in [0.29, 0.717) is 23.0 Å². The monoisotopic (exact) mass is 418 g/mol. The Morgan fingerprint density at radius 2 is 0.893 bits per heavy atom. The molecule has 8 heteroatoms. The van der Waals surface area contributed by atoms with Gasteiger partial charge >= 0.3 is 0 Å². The zero-order valence-corrected chi connectivity index (χ0v) is 16.8. The van der Waals surface area contributed by atoms with E-state index in [1.54, 1.807) is 48.5 Å². The van der Waals surface area contributed by atoms with Crippen molar-refractivity contribution in [2.24, 2.45) is 0 Å². The Kier molecular flexibility index (Phi) is 5.44. The van der Waals surface area contributed by atoms with Gasteiger partial charge < -0.3 is 9.47 Å². The molecule has 0 fully saturated rings. The van der Waals surface area contributed by atoms with Gasteiger partial charge in [-0.3, -0.25) is 0 Å². The molecule has 0 unspecified atom stereocenters. The van der Waals surface area contributed by atoms with Crippen LogP contribution in [-0.4, -0.2) is 29.3 Å². The fraction of sp³-hybridized carbons (Fsp3) is 0.100. The van der Waals surface area contributed by atoms with Crippen molar-refractivity contribution in [2.45, 2.75) is 9.79 Å². The molecule has 0 saturated carbocycles. The first kappa shape index (κ1) is 19.9. The third-order valence-electron chi connectivity index (χ3n) is 3.78. The molecule has 28 heavy (non-hydrogen) atoms. The minimum absolute atomic E-state index is 0.217. The maximum Gasteiger partial charge on any atom is 0.175 e. The summed E-state index contributed by atoms with van der Waals surface area (Å²) in [6.45, 7) is 0. The largest absolute Gasteiger partial charge is 0.457 e. The molecule has 0 saturated heterocycles. The van der Waals surface area contributed by atoms with Crippen LogP contribution in [-0.2, 0) is 19.7 Å². The summed E-state index contributed by atoms with van der Waals surface area (Å²) in [7, 11) is -6.52. The zero-order chi connectivity index (χ0) is 20.4. The van der Waals surface area contributed by atoms with Gasteiger partial charge in [-0.25, -0.2) is 16.8 Å². The molecule has 0 aliphatic carbocycles. The highest BCUT2D eigenvalue weighted by Gasteiger charge is 2.09. The average Bonchev–Trinajstić information content (AvgIpc) is 2.61. The first-order valence-corrected chi connectivity index (χ1v) is 12.0. The Hall–Kier alpha value is -2.84. The normalized spacial score (nSPS) is 11.8. The molecule has 0 aromatic heterocycles. The topological polar surface area (TPSA) is 86.7 Å². The summed E-state index contributed by atoms with van der Waals surface area (Å²) in [6, 6.07) is 19.1.